The maximum atomic E-state index is 2.47. The van der Waals surface area contributed by atoms with Crippen molar-refractivity contribution in [3.05, 3.63) is 382 Å². The first kappa shape index (κ1) is 58.5. The van der Waals surface area contributed by atoms with Gasteiger partial charge in [-0.3, -0.25) is 0 Å². The maximum absolute atomic E-state index is 2.47. The molecule has 0 heterocycles. The minimum absolute atomic E-state index is 1.05. The van der Waals surface area contributed by atoms with Gasteiger partial charge in [0, 0.05) is 17.1 Å². The highest BCUT2D eigenvalue weighted by Crippen LogP contribution is 2.61. The molecule has 18 aromatic carbocycles. The molecule has 0 aliphatic heterocycles. The van der Waals surface area contributed by atoms with Gasteiger partial charge in [-0.2, -0.15) is 0 Å². The van der Waals surface area contributed by atoms with Gasteiger partial charge in [-0.05, 0) is 254 Å². The van der Waals surface area contributed by atoms with E-state index in [2.05, 4.69) is 387 Å². The summed E-state index contributed by atoms with van der Waals surface area (Å²) in [6, 6.07) is 143. The van der Waals surface area contributed by atoms with Crippen molar-refractivity contribution in [2.24, 2.45) is 0 Å². The third-order valence-corrected chi connectivity index (χ3v) is 22.1. The molecule has 0 bridgehead atoms. The number of hydrogen-bond donors (Lipinski definition) is 0. The zero-order valence-electron chi connectivity index (χ0n) is 56.3. The molecule has 0 saturated heterocycles. The van der Waals surface area contributed by atoms with Gasteiger partial charge in [0.25, 0.3) is 0 Å². The molecule has 21 rings (SSSR count). The second-order valence-corrected chi connectivity index (χ2v) is 27.6. The van der Waals surface area contributed by atoms with E-state index in [1.165, 1.54) is 183 Å². The summed E-state index contributed by atoms with van der Waals surface area (Å²) in [4.78, 5) is 2.45. The molecular weight excluding hydrogens is 1240 g/mol. The van der Waals surface area contributed by atoms with Crippen molar-refractivity contribution >= 4 is 49.4 Å². The third-order valence-electron chi connectivity index (χ3n) is 22.1. The second kappa shape index (κ2) is 23.6. The summed E-state index contributed by atoms with van der Waals surface area (Å²) in [5.41, 5.74) is 40.1. The smallest absolute Gasteiger partial charge is 0.0462 e. The minimum atomic E-state index is 1.05. The molecule has 18 aromatic rings. The van der Waals surface area contributed by atoms with Gasteiger partial charge in [-0.1, -0.05) is 328 Å². The van der Waals surface area contributed by atoms with Gasteiger partial charge in [0.05, 0.1) is 0 Å². The first-order chi connectivity index (χ1) is 51.1. The van der Waals surface area contributed by atoms with Crippen LogP contribution in [0.25, 0.3) is 199 Å². The van der Waals surface area contributed by atoms with Crippen LogP contribution in [0, 0.1) is 0 Å². The van der Waals surface area contributed by atoms with Crippen molar-refractivity contribution in [3.63, 3.8) is 0 Å². The molecule has 0 radical (unpaired) electrons. The summed E-state index contributed by atoms with van der Waals surface area (Å²) in [6.07, 6.45) is 0. The molecular formula is C102H63N. The van der Waals surface area contributed by atoms with E-state index in [4.69, 9.17) is 0 Å². The Balaban J connectivity index is 0.767. The second-order valence-electron chi connectivity index (χ2n) is 27.6. The molecule has 1 nitrogen and oxygen atoms in total. The largest absolute Gasteiger partial charge is 0.311 e. The fourth-order valence-electron chi connectivity index (χ4n) is 17.7. The standard InChI is InChI=1S/C102H63N/c1-7-25-64(26-8-1)88-61-85(94(73-31-13-4-14-32-73)100-82-46-22-40-70-37-19-43-79(91(70)82)97(88)100)67-49-55-76(56-50-67)103(77-57-51-68(52-58-77)86-62-89(65-27-9-2-10-28-65)98-80-44-20-38-71-41-23-47-83(92(71)80)101(98)95(86)74-33-15-5-16-34-74)78-59-53-69(54-60-78)87-63-90(66-29-11-3-12-30-66)99-81-45-21-39-72-42-24-48-84(93(72)81)102(99)96(87)75-35-17-6-18-36-75/h1-63H. The van der Waals surface area contributed by atoms with Gasteiger partial charge in [-0.15, -0.1) is 0 Å². The summed E-state index contributed by atoms with van der Waals surface area (Å²) in [7, 11) is 0. The van der Waals surface area contributed by atoms with Crippen LogP contribution in [0.5, 0.6) is 0 Å². The van der Waals surface area contributed by atoms with Gasteiger partial charge in [0.1, 0.15) is 0 Å². The van der Waals surface area contributed by atoms with Crippen LogP contribution in [-0.4, -0.2) is 0 Å². The summed E-state index contributed by atoms with van der Waals surface area (Å²) in [5.74, 6) is 0. The van der Waals surface area contributed by atoms with Crippen molar-refractivity contribution in [2.75, 3.05) is 4.90 Å². The lowest BCUT2D eigenvalue weighted by atomic mass is 9.82. The number of fused-ring (bicyclic) bond motifs is 9. The van der Waals surface area contributed by atoms with E-state index >= 15 is 0 Å². The molecule has 1 heteroatoms. The summed E-state index contributed by atoms with van der Waals surface area (Å²) in [6.45, 7) is 0. The topological polar surface area (TPSA) is 3.24 Å². The number of hydrogen-bond acceptors (Lipinski definition) is 1. The highest BCUT2D eigenvalue weighted by atomic mass is 15.1. The molecule has 0 N–H and O–H groups in total. The third kappa shape index (κ3) is 9.20. The van der Waals surface area contributed by atoms with Crippen LogP contribution in [-0.2, 0) is 0 Å². The Hall–Kier alpha value is -13.5. The summed E-state index contributed by atoms with van der Waals surface area (Å²) < 4.78 is 0. The predicted molar refractivity (Wildman–Crippen MR) is 436 cm³/mol. The van der Waals surface area contributed by atoms with Gasteiger partial charge >= 0.3 is 0 Å². The van der Waals surface area contributed by atoms with Crippen LogP contribution in [0.2, 0.25) is 0 Å². The van der Waals surface area contributed by atoms with Crippen LogP contribution in [0.3, 0.4) is 0 Å². The van der Waals surface area contributed by atoms with E-state index in [0.29, 0.717) is 0 Å². The van der Waals surface area contributed by atoms with E-state index in [1.807, 2.05) is 0 Å². The van der Waals surface area contributed by atoms with E-state index in [-0.39, 0.29) is 0 Å². The number of benzene rings is 18. The monoisotopic (exact) mass is 1300 g/mol. The first-order valence-electron chi connectivity index (χ1n) is 35.8. The van der Waals surface area contributed by atoms with Crippen LogP contribution < -0.4 is 4.90 Å². The first-order valence-corrected chi connectivity index (χ1v) is 35.8. The van der Waals surface area contributed by atoms with Crippen LogP contribution in [0.1, 0.15) is 0 Å². The van der Waals surface area contributed by atoms with E-state index in [9.17, 15) is 0 Å². The lowest BCUT2D eigenvalue weighted by Gasteiger charge is -2.27. The molecule has 0 amide bonds. The number of nitrogens with zero attached hydrogens (tertiary/aromatic N) is 1. The van der Waals surface area contributed by atoms with Crippen molar-refractivity contribution in [3.8, 4) is 167 Å². The Morgan fingerprint density at radius 2 is 0.320 bits per heavy atom. The highest BCUT2D eigenvalue weighted by Gasteiger charge is 2.34. The SMILES string of the molecule is c1ccc(-c2cc(-c3ccc(N(c4ccc(-c5cc(-c6ccccc6)c6c(c5-c5ccccc5)-c5cccc7cccc-6c57)cc4)c4ccc(-c5cc(-c6ccccc6)c6c(c5-c5ccccc5)-c5cccc7cccc-6c57)cc4)cc3)c(-c3ccccc3)c3c2-c2cccc4cccc-3c24)cc1. The average molecular weight is 1300 g/mol. The molecule has 0 aromatic heterocycles. The maximum Gasteiger partial charge on any atom is 0.0462 e. The van der Waals surface area contributed by atoms with E-state index in [0.717, 1.165) is 33.8 Å². The molecule has 0 unspecified atom stereocenters. The summed E-state index contributed by atoms with van der Waals surface area (Å²) in [5, 5.41) is 7.71. The molecule has 3 aliphatic rings. The molecule has 0 spiro atoms. The number of rotatable bonds is 12. The zero-order chi connectivity index (χ0) is 67.6. The van der Waals surface area contributed by atoms with Gasteiger partial charge in [-0.25, -0.2) is 0 Å². The molecule has 476 valence electrons. The Morgan fingerprint density at radius 3 is 0.553 bits per heavy atom. The summed E-state index contributed by atoms with van der Waals surface area (Å²) >= 11 is 0. The normalized spacial score (nSPS) is 11.9. The lowest BCUT2D eigenvalue weighted by Crippen LogP contribution is -2.10. The van der Waals surface area contributed by atoms with E-state index in [1.54, 1.807) is 0 Å². The van der Waals surface area contributed by atoms with Gasteiger partial charge < -0.3 is 4.90 Å². The van der Waals surface area contributed by atoms with Crippen molar-refractivity contribution in [1.29, 1.82) is 0 Å². The Morgan fingerprint density at radius 1 is 0.126 bits per heavy atom. The Kier molecular flexibility index (Phi) is 13.4. The molecule has 0 fully saturated rings. The Labute approximate surface area is 599 Å². The molecule has 3 aliphatic carbocycles. The predicted octanol–water partition coefficient (Wildman–Crippen LogP) is 28.6. The lowest BCUT2D eigenvalue weighted by molar-refractivity contribution is 1.28. The average Bonchev–Trinajstić information content (AvgIpc) is 1.70. The fourth-order valence-corrected chi connectivity index (χ4v) is 17.7. The van der Waals surface area contributed by atoms with Crippen LogP contribution >= 0.6 is 0 Å². The fraction of sp³-hybridized carbons (Fsp3) is 0. The van der Waals surface area contributed by atoms with Crippen molar-refractivity contribution in [1.82, 2.24) is 0 Å². The molecule has 0 atom stereocenters. The van der Waals surface area contributed by atoms with Crippen molar-refractivity contribution in [2.45, 2.75) is 0 Å². The highest BCUT2D eigenvalue weighted by molar-refractivity contribution is 6.26. The van der Waals surface area contributed by atoms with Crippen molar-refractivity contribution < 1.29 is 0 Å². The molecule has 103 heavy (non-hydrogen) atoms. The van der Waals surface area contributed by atoms with Crippen LogP contribution in [0.4, 0.5) is 17.1 Å². The van der Waals surface area contributed by atoms with Crippen LogP contribution in [0.15, 0.2) is 382 Å². The van der Waals surface area contributed by atoms with E-state index < -0.39 is 0 Å². The van der Waals surface area contributed by atoms with Gasteiger partial charge in [0.15, 0.2) is 0 Å². The zero-order valence-corrected chi connectivity index (χ0v) is 56.3. The quantitative estimate of drug-likeness (QED) is 0.118. The Bertz CT molecular complexity index is 5790. The number of anilines is 3. The minimum Gasteiger partial charge on any atom is -0.311 e. The van der Waals surface area contributed by atoms with Gasteiger partial charge in [0.2, 0.25) is 0 Å². The molecule has 0 saturated carbocycles.